The first-order chi connectivity index (χ1) is 9.61. The van der Waals surface area contributed by atoms with Crippen molar-refractivity contribution in [3.63, 3.8) is 0 Å². The lowest BCUT2D eigenvalue weighted by Crippen LogP contribution is -2.27. The van der Waals surface area contributed by atoms with Crippen LogP contribution >= 0.6 is 0 Å². The van der Waals surface area contributed by atoms with Crippen LogP contribution in [-0.4, -0.2) is 25.9 Å². The summed E-state index contributed by atoms with van der Waals surface area (Å²) in [4.78, 5) is 11.6. The molecule has 0 unspecified atom stereocenters. The number of benzene rings is 1. The third-order valence-electron chi connectivity index (χ3n) is 2.16. The average Bonchev–Trinajstić information content (AvgIpc) is 2.25. The van der Waals surface area contributed by atoms with E-state index in [0.29, 0.717) is 12.1 Å². The van der Waals surface area contributed by atoms with Gasteiger partial charge in [0.15, 0.2) is 0 Å². The molecule has 0 fully saturated rings. The summed E-state index contributed by atoms with van der Waals surface area (Å²) in [6, 6.07) is 6.14. The number of hydrogen-bond donors (Lipinski definition) is 1. The van der Waals surface area contributed by atoms with Crippen LogP contribution in [0.1, 0.15) is 34.1 Å². The molecule has 0 saturated carbocycles. The third-order valence-corrected chi connectivity index (χ3v) is 3.51. The Morgan fingerprint density at radius 3 is 2.52 bits per heavy atom. The third kappa shape index (κ3) is 6.99. The van der Waals surface area contributed by atoms with Gasteiger partial charge in [0.05, 0.1) is 5.75 Å². The number of nitrogens with one attached hydrogen (secondary N) is 1. The summed E-state index contributed by atoms with van der Waals surface area (Å²) in [6.45, 7) is 7.01. The van der Waals surface area contributed by atoms with E-state index in [1.165, 1.54) is 12.1 Å². The van der Waals surface area contributed by atoms with Crippen molar-refractivity contribution >= 4 is 21.9 Å². The summed E-state index contributed by atoms with van der Waals surface area (Å²) in [5.41, 5.74) is -0.212. The average molecular weight is 315 g/mol. The van der Waals surface area contributed by atoms with Gasteiger partial charge < -0.3 is 8.92 Å². The van der Waals surface area contributed by atoms with Gasteiger partial charge >= 0.3 is 16.2 Å². The van der Waals surface area contributed by atoms with Crippen molar-refractivity contribution in [3.05, 3.63) is 24.3 Å². The summed E-state index contributed by atoms with van der Waals surface area (Å²) >= 11 is 0. The normalized spacial score (nSPS) is 11.8. The van der Waals surface area contributed by atoms with Gasteiger partial charge in [0.25, 0.3) is 0 Å². The van der Waals surface area contributed by atoms with Gasteiger partial charge in [0, 0.05) is 11.8 Å². The van der Waals surface area contributed by atoms with Gasteiger partial charge in [-0.2, -0.15) is 8.42 Å². The van der Waals surface area contributed by atoms with Crippen LogP contribution in [0.3, 0.4) is 0 Å². The van der Waals surface area contributed by atoms with E-state index in [0.717, 1.165) is 0 Å². The number of hydrogen-bond acceptors (Lipinski definition) is 5. The molecule has 0 heterocycles. The minimum absolute atomic E-state index is 0.0588. The van der Waals surface area contributed by atoms with Gasteiger partial charge in [-0.15, -0.1) is 0 Å². The van der Waals surface area contributed by atoms with Crippen LogP contribution in [0, 0.1) is 0 Å². The molecule has 0 bridgehead atoms. The first-order valence-electron chi connectivity index (χ1n) is 6.63. The fourth-order valence-electron chi connectivity index (χ4n) is 1.49. The Bertz CT molecular complexity index is 590. The predicted molar refractivity (Wildman–Crippen MR) is 81.0 cm³/mol. The van der Waals surface area contributed by atoms with E-state index in [4.69, 9.17) is 8.92 Å². The summed E-state index contributed by atoms with van der Waals surface area (Å²) in [7, 11) is -3.60. The van der Waals surface area contributed by atoms with Crippen LogP contribution < -0.4 is 9.50 Å². The van der Waals surface area contributed by atoms with Crippen LogP contribution in [0.15, 0.2) is 24.3 Å². The lowest BCUT2D eigenvalue weighted by atomic mass is 10.2. The molecule has 1 amide bonds. The highest BCUT2D eigenvalue weighted by Crippen LogP contribution is 2.20. The van der Waals surface area contributed by atoms with Crippen molar-refractivity contribution < 1.29 is 22.1 Å². The van der Waals surface area contributed by atoms with E-state index in [1.807, 2.05) is 0 Å². The summed E-state index contributed by atoms with van der Waals surface area (Å²) in [5.74, 6) is 0.0912. The zero-order valence-electron chi connectivity index (χ0n) is 12.7. The smallest absolute Gasteiger partial charge is 0.412 e. The maximum absolute atomic E-state index is 11.6. The van der Waals surface area contributed by atoms with Crippen molar-refractivity contribution in [2.24, 2.45) is 0 Å². The monoisotopic (exact) mass is 315 g/mol. The molecule has 0 atom stereocenters. The molecule has 0 aliphatic heterocycles. The Morgan fingerprint density at radius 1 is 1.29 bits per heavy atom. The van der Waals surface area contributed by atoms with E-state index in [1.54, 1.807) is 39.8 Å². The largest absolute Gasteiger partial charge is 0.444 e. The maximum Gasteiger partial charge on any atom is 0.412 e. The number of amides is 1. The molecule has 1 aromatic carbocycles. The molecule has 1 aromatic rings. The summed E-state index contributed by atoms with van der Waals surface area (Å²) in [6.07, 6.45) is -0.144. The number of carbonyl (C=O) groups excluding carboxylic acids is 1. The zero-order valence-corrected chi connectivity index (χ0v) is 13.5. The molecule has 0 aromatic heterocycles. The van der Waals surface area contributed by atoms with Crippen molar-refractivity contribution in [1.82, 2.24) is 0 Å². The van der Waals surface area contributed by atoms with Gasteiger partial charge in [-0.1, -0.05) is 13.0 Å². The Kier molecular flexibility index (Phi) is 5.60. The number of rotatable bonds is 5. The van der Waals surface area contributed by atoms with E-state index >= 15 is 0 Å². The number of carbonyl (C=O) groups is 1. The van der Waals surface area contributed by atoms with E-state index < -0.39 is 21.8 Å². The molecule has 0 spiro atoms. The summed E-state index contributed by atoms with van der Waals surface area (Å²) < 4.78 is 33.2. The van der Waals surface area contributed by atoms with E-state index in [2.05, 4.69) is 5.32 Å². The van der Waals surface area contributed by atoms with Crippen LogP contribution in [0.2, 0.25) is 0 Å². The first kappa shape index (κ1) is 17.3. The fourth-order valence-corrected chi connectivity index (χ4v) is 2.47. The minimum atomic E-state index is -3.60. The maximum atomic E-state index is 11.6. The first-order valence-corrected chi connectivity index (χ1v) is 8.21. The van der Waals surface area contributed by atoms with Gasteiger partial charge in [-0.3, -0.25) is 5.32 Å². The Labute approximate surface area is 125 Å². The molecule has 21 heavy (non-hydrogen) atoms. The molecular weight excluding hydrogens is 294 g/mol. The standard InChI is InChI=1S/C14H21NO5S/c1-5-9-21(17,18)20-12-8-6-7-11(10-12)15-13(16)19-14(2,3)4/h6-8,10H,5,9H2,1-4H3,(H,15,16). The zero-order chi connectivity index (χ0) is 16.1. The Morgan fingerprint density at radius 2 is 1.95 bits per heavy atom. The fraction of sp³-hybridized carbons (Fsp3) is 0.500. The van der Waals surface area contributed by atoms with Gasteiger partial charge in [-0.05, 0) is 39.3 Å². The second-order valence-electron chi connectivity index (χ2n) is 5.50. The quantitative estimate of drug-likeness (QED) is 0.844. The highest BCUT2D eigenvalue weighted by atomic mass is 32.2. The topological polar surface area (TPSA) is 81.7 Å². The van der Waals surface area contributed by atoms with E-state index in [-0.39, 0.29) is 11.5 Å². The second kappa shape index (κ2) is 6.80. The van der Waals surface area contributed by atoms with Crippen molar-refractivity contribution in [3.8, 4) is 5.75 Å². The van der Waals surface area contributed by atoms with E-state index in [9.17, 15) is 13.2 Å². The van der Waals surface area contributed by atoms with Crippen molar-refractivity contribution in [2.75, 3.05) is 11.1 Å². The SMILES string of the molecule is CCCS(=O)(=O)Oc1cccc(NC(=O)OC(C)(C)C)c1. The molecular formula is C14H21NO5S. The molecule has 1 N–H and O–H groups in total. The van der Waals surface area contributed by atoms with Gasteiger partial charge in [0.1, 0.15) is 11.4 Å². The second-order valence-corrected chi connectivity index (χ2v) is 7.19. The molecule has 118 valence electrons. The van der Waals surface area contributed by atoms with Crippen LogP contribution in [0.5, 0.6) is 5.75 Å². The van der Waals surface area contributed by atoms with Crippen LogP contribution in [-0.2, 0) is 14.9 Å². The Hall–Kier alpha value is -1.76. The molecule has 0 aliphatic carbocycles. The molecule has 7 heteroatoms. The lowest BCUT2D eigenvalue weighted by molar-refractivity contribution is 0.0636. The van der Waals surface area contributed by atoms with Gasteiger partial charge in [-0.25, -0.2) is 4.79 Å². The molecule has 0 radical (unpaired) electrons. The van der Waals surface area contributed by atoms with Crippen molar-refractivity contribution in [1.29, 1.82) is 0 Å². The van der Waals surface area contributed by atoms with Crippen LogP contribution in [0.25, 0.3) is 0 Å². The molecule has 0 saturated heterocycles. The minimum Gasteiger partial charge on any atom is -0.444 e. The highest BCUT2D eigenvalue weighted by Gasteiger charge is 2.17. The predicted octanol–water partition coefficient (Wildman–Crippen LogP) is 3.15. The van der Waals surface area contributed by atoms with Crippen molar-refractivity contribution in [2.45, 2.75) is 39.7 Å². The molecule has 0 aliphatic rings. The number of anilines is 1. The summed E-state index contributed by atoms with van der Waals surface area (Å²) in [5, 5.41) is 2.52. The van der Waals surface area contributed by atoms with Crippen LogP contribution in [0.4, 0.5) is 10.5 Å². The lowest BCUT2D eigenvalue weighted by Gasteiger charge is -2.19. The number of ether oxygens (including phenoxy) is 1. The van der Waals surface area contributed by atoms with Gasteiger partial charge in [0.2, 0.25) is 0 Å². The molecule has 6 nitrogen and oxygen atoms in total. The highest BCUT2D eigenvalue weighted by molar-refractivity contribution is 7.87. The molecule has 1 rings (SSSR count). The Balaban J connectivity index is 2.75.